The van der Waals surface area contributed by atoms with Gasteiger partial charge in [0.15, 0.2) is 5.69 Å². The normalized spacial score (nSPS) is 11.8. The first-order chi connectivity index (χ1) is 11.5. The van der Waals surface area contributed by atoms with Gasteiger partial charge in [-0.15, -0.1) is 0 Å². The van der Waals surface area contributed by atoms with Gasteiger partial charge in [0.2, 0.25) is 5.91 Å². The molecule has 1 heterocycles. The summed E-state index contributed by atoms with van der Waals surface area (Å²) in [5.41, 5.74) is 1.02. The third-order valence-corrected chi connectivity index (χ3v) is 3.64. The van der Waals surface area contributed by atoms with Gasteiger partial charge in [-0.2, -0.15) is 0 Å². The number of hydrogen-bond donors (Lipinski definition) is 1. The van der Waals surface area contributed by atoms with Crippen molar-refractivity contribution in [1.82, 2.24) is 10.1 Å². The van der Waals surface area contributed by atoms with Gasteiger partial charge < -0.3 is 14.7 Å². The maximum Gasteiger partial charge on any atom is 0.276 e. The fraction of sp³-hybridized carbons (Fsp3) is 0.389. The van der Waals surface area contributed by atoms with Crippen LogP contribution in [0.4, 0.5) is 5.69 Å². The minimum absolute atomic E-state index is 0.126. The quantitative estimate of drug-likeness (QED) is 0.846. The lowest BCUT2D eigenvalue weighted by molar-refractivity contribution is -0.117. The Morgan fingerprint density at radius 3 is 2.58 bits per heavy atom. The fourth-order valence-electron chi connectivity index (χ4n) is 2.49. The van der Waals surface area contributed by atoms with Crippen LogP contribution in [0.1, 0.15) is 42.9 Å². The average molecular weight is 329 g/mol. The predicted molar refractivity (Wildman–Crippen MR) is 91.7 cm³/mol. The monoisotopic (exact) mass is 329 g/mol. The number of nitrogens with one attached hydrogen (secondary N) is 1. The second-order valence-corrected chi connectivity index (χ2v) is 5.79. The molecule has 6 heteroatoms. The summed E-state index contributed by atoms with van der Waals surface area (Å²) in [6.45, 7) is 6.16. The smallest absolute Gasteiger partial charge is 0.276 e. The zero-order valence-electron chi connectivity index (χ0n) is 14.3. The first kappa shape index (κ1) is 17.7. The van der Waals surface area contributed by atoms with Crippen molar-refractivity contribution < 1.29 is 14.1 Å². The lowest BCUT2D eigenvalue weighted by Crippen LogP contribution is -2.41. The molecule has 2 rings (SSSR count). The molecule has 24 heavy (non-hydrogen) atoms. The van der Waals surface area contributed by atoms with Gasteiger partial charge in [0.25, 0.3) is 5.91 Å². The topological polar surface area (TPSA) is 75.4 Å². The number of benzene rings is 1. The maximum atomic E-state index is 12.6. The molecule has 0 saturated heterocycles. The molecular weight excluding hydrogens is 306 g/mol. The van der Waals surface area contributed by atoms with Crippen molar-refractivity contribution in [2.75, 3.05) is 11.9 Å². The SMILES string of the molecule is CCCN(C(=O)c1cc(C)on1)[C@H](C)CC(=O)Nc1ccccc1. The van der Waals surface area contributed by atoms with Gasteiger partial charge in [0.05, 0.1) is 0 Å². The van der Waals surface area contributed by atoms with Crippen molar-refractivity contribution in [3.8, 4) is 0 Å². The van der Waals surface area contributed by atoms with E-state index in [0.29, 0.717) is 12.3 Å². The van der Waals surface area contributed by atoms with Gasteiger partial charge in [0, 0.05) is 30.8 Å². The average Bonchev–Trinajstić information content (AvgIpc) is 2.99. The zero-order chi connectivity index (χ0) is 17.5. The number of carbonyl (C=O) groups excluding carboxylic acids is 2. The van der Waals surface area contributed by atoms with Gasteiger partial charge in [0.1, 0.15) is 5.76 Å². The van der Waals surface area contributed by atoms with Crippen LogP contribution in [-0.4, -0.2) is 34.5 Å². The molecule has 0 fully saturated rings. The van der Waals surface area contributed by atoms with Crippen LogP contribution in [0, 0.1) is 6.92 Å². The molecule has 1 atom stereocenters. The Hall–Kier alpha value is -2.63. The van der Waals surface area contributed by atoms with Gasteiger partial charge in [-0.1, -0.05) is 30.3 Å². The predicted octanol–water partition coefficient (Wildman–Crippen LogP) is 3.25. The zero-order valence-corrected chi connectivity index (χ0v) is 14.3. The standard InChI is InChI=1S/C18H23N3O3/c1-4-10-21(18(23)16-12-14(3)24-20-16)13(2)11-17(22)19-15-8-6-5-7-9-15/h5-9,12-13H,4,10-11H2,1-3H3,(H,19,22)/t13-/m1/s1. The Labute approximate surface area is 141 Å². The molecule has 0 unspecified atom stereocenters. The molecule has 0 saturated carbocycles. The van der Waals surface area contributed by atoms with Crippen molar-refractivity contribution in [1.29, 1.82) is 0 Å². The van der Waals surface area contributed by atoms with E-state index < -0.39 is 0 Å². The van der Waals surface area contributed by atoms with Gasteiger partial charge >= 0.3 is 0 Å². The minimum Gasteiger partial charge on any atom is -0.361 e. The summed E-state index contributed by atoms with van der Waals surface area (Å²) in [6.07, 6.45) is 1.02. The third kappa shape index (κ3) is 4.68. The van der Waals surface area contributed by atoms with Crippen molar-refractivity contribution in [3.63, 3.8) is 0 Å². The number of para-hydroxylation sites is 1. The molecular formula is C18H23N3O3. The Kier molecular flexibility index (Phi) is 6.12. The van der Waals surface area contributed by atoms with Crippen molar-refractivity contribution in [2.45, 2.75) is 39.7 Å². The molecule has 2 amide bonds. The molecule has 0 aliphatic heterocycles. The van der Waals surface area contributed by atoms with Crippen LogP contribution in [0.5, 0.6) is 0 Å². The second-order valence-electron chi connectivity index (χ2n) is 5.79. The Bertz CT molecular complexity index is 682. The number of carbonyl (C=O) groups is 2. The minimum atomic E-state index is -0.238. The number of aryl methyl sites for hydroxylation is 1. The first-order valence-corrected chi connectivity index (χ1v) is 8.10. The van der Waals surface area contributed by atoms with E-state index in [-0.39, 0.29) is 30.0 Å². The molecule has 1 aromatic heterocycles. The first-order valence-electron chi connectivity index (χ1n) is 8.10. The second kappa shape index (κ2) is 8.29. The highest BCUT2D eigenvalue weighted by Crippen LogP contribution is 2.13. The summed E-state index contributed by atoms with van der Waals surface area (Å²) < 4.78 is 4.98. The Morgan fingerprint density at radius 1 is 1.29 bits per heavy atom. The van der Waals surface area contributed by atoms with E-state index in [1.54, 1.807) is 17.9 Å². The molecule has 0 radical (unpaired) electrons. The van der Waals surface area contributed by atoms with Crippen molar-refractivity contribution >= 4 is 17.5 Å². The van der Waals surface area contributed by atoms with Gasteiger partial charge in [-0.3, -0.25) is 9.59 Å². The van der Waals surface area contributed by atoms with E-state index in [9.17, 15) is 9.59 Å². The molecule has 0 spiro atoms. The largest absolute Gasteiger partial charge is 0.361 e. The molecule has 128 valence electrons. The van der Waals surface area contributed by atoms with E-state index in [4.69, 9.17) is 4.52 Å². The van der Waals surface area contributed by atoms with Crippen LogP contribution in [0.3, 0.4) is 0 Å². The molecule has 0 aliphatic rings. The number of anilines is 1. The highest BCUT2D eigenvalue weighted by Gasteiger charge is 2.25. The van der Waals surface area contributed by atoms with Crippen molar-refractivity contribution in [2.24, 2.45) is 0 Å². The van der Waals surface area contributed by atoms with Crippen LogP contribution >= 0.6 is 0 Å². The summed E-state index contributed by atoms with van der Waals surface area (Å²) in [7, 11) is 0. The van der Waals surface area contributed by atoms with Crippen LogP contribution < -0.4 is 5.32 Å². The molecule has 2 aromatic rings. The summed E-state index contributed by atoms with van der Waals surface area (Å²) in [4.78, 5) is 26.5. The van der Waals surface area contributed by atoms with E-state index >= 15 is 0 Å². The van der Waals surface area contributed by atoms with Crippen LogP contribution in [0.25, 0.3) is 0 Å². The van der Waals surface area contributed by atoms with Crippen LogP contribution in [-0.2, 0) is 4.79 Å². The van der Waals surface area contributed by atoms with E-state index in [1.165, 1.54) is 0 Å². The summed E-state index contributed by atoms with van der Waals surface area (Å²) >= 11 is 0. The molecule has 1 aromatic carbocycles. The number of hydrogen-bond acceptors (Lipinski definition) is 4. The maximum absolute atomic E-state index is 12.6. The number of amides is 2. The lowest BCUT2D eigenvalue weighted by Gasteiger charge is -2.27. The molecule has 0 aliphatic carbocycles. The number of nitrogens with zero attached hydrogens (tertiary/aromatic N) is 2. The van der Waals surface area contributed by atoms with Crippen LogP contribution in [0.2, 0.25) is 0 Å². The highest BCUT2D eigenvalue weighted by molar-refractivity contribution is 5.94. The Morgan fingerprint density at radius 2 is 2.00 bits per heavy atom. The summed E-state index contributed by atoms with van der Waals surface area (Å²) in [6, 6.07) is 10.6. The molecule has 6 nitrogen and oxygen atoms in total. The number of aromatic nitrogens is 1. The molecule has 1 N–H and O–H groups in total. The highest BCUT2D eigenvalue weighted by atomic mass is 16.5. The van der Waals surface area contributed by atoms with E-state index in [2.05, 4.69) is 10.5 Å². The molecule has 0 bridgehead atoms. The number of rotatable bonds is 7. The van der Waals surface area contributed by atoms with Gasteiger partial charge in [-0.05, 0) is 32.4 Å². The third-order valence-electron chi connectivity index (χ3n) is 3.64. The van der Waals surface area contributed by atoms with E-state index in [1.807, 2.05) is 44.2 Å². The van der Waals surface area contributed by atoms with E-state index in [0.717, 1.165) is 12.1 Å². The fourth-order valence-corrected chi connectivity index (χ4v) is 2.49. The Balaban J connectivity index is 2.01. The van der Waals surface area contributed by atoms with Crippen molar-refractivity contribution in [3.05, 3.63) is 47.9 Å². The van der Waals surface area contributed by atoms with Gasteiger partial charge in [-0.25, -0.2) is 0 Å². The summed E-state index contributed by atoms with van der Waals surface area (Å²) in [5.74, 6) is 0.247. The van der Waals surface area contributed by atoms with Crippen LogP contribution in [0.15, 0.2) is 40.9 Å². The lowest BCUT2D eigenvalue weighted by atomic mass is 10.1. The summed E-state index contributed by atoms with van der Waals surface area (Å²) in [5, 5.41) is 6.62.